The van der Waals surface area contributed by atoms with Gasteiger partial charge in [-0.1, -0.05) is 35.4 Å². The Labute approximate surface area is 154 Å². The van der Waals surface area contributed by atoms with Gasteiger partial charge < -0.3 is 15.5 Å². The molecule has 1 saturated heterocycles. The van der Waals surface area contributed by atoms with Crippen LogP contribution in [0, 0.1) is 33.1 Å². The summed E-state index contributed by atoms with van der Waals surface area (Å²) >= 11 is 0. The molecule has 1 unspecified atom stereocenters. The van der Waals surface area contributed by atoms with E-state index in [4.69, 9.17) is 11.1 Å². The third kappa shape index (κ3) is 3.29. The van der Waals surface area contributed by atoms with E-state index in [0.29, 0.717) is 12.5 Å². The second-order valence-corrected chi connectivity index (χ2v) is 7.21. The number of amides is 1. The average Bonchev–Trinajstić information content (AvgIpc) is 2.83. The van der Waals surface area contributed by atoms with E-state index in [-0.39, 0.29) is 18.4 Å². The van der Waals surface area contributed by atoms with E-state index in [1.54, 1.807) is 0 Å². The Bertz CT molecular complexity index is 874. The molecule has 26 heavy (non-hydrogen) atoms. The predicted molar refractivity (Wildman–Crippen MR) is 107 cm³/mol. The van der Waals surface area contributed by atoms with Crippen molar-refractivity contribution in [2.45, 2.75) is 40.2 Å². The zero-order valence-corrected chi connectivity index (χ0v) is 15.8. The Hall–Kier alpha value is -2.82. The summed E-state index contributed by atoms with van der Waals surface area (Å²) in [5.74, 6) is 0.0372. The number of rotatable bonds is 4. The molecule has 5 nitrogen and oxygen atoms in total. The molecule has 2 aromatic carbocycles. The number of hydrogen-bond acceptors (Lipinski definition) is 2. The van der Waals surface area contributed by atoms with Crippen molar-refractivity contribution in [1.82, 2.24) is 0 Å². The van der Waals surface area contributed by atoms with Crippen molar-refractivity contribution in [3.05, 3.63) is 58.7 Å². The number of guanidine groups is 1. The highest BCUT2D eigenvalue weighted by Gasteiger charge is 2.38. The number of aryl methyl sites for hydroxylation is 4. The van der Waals surface area contributed by atoms with Crippen molar-refractivity contribution < 1.29 is 4.79 Å². The summed E-state index contributed by atoms with van der Waals surface area (Å²) in [6, 6.07) is 12.2. The van der Waals surface area contributed by atoms with Crippen LogP contribution in [0.4, 0.5) is 11.4 Å². The second-order valence-electron chi connectivity index (χ2n) is 7.21. The molecule has 0 aliphatic carbocycles. The lowest BCUT2D eigenvalue weighted by molar-refractivity contribution is -0.118. The quantitative estimate of drug-likeness (QED) is 0.887. The van der Waals surface area contributed by atoms with Gasteiger partial charge in [-0.3, -0.25) is 10.2 Å². The van der Waals surface area contributed by atoms with Gasteiger partial charge in [0.15, 0.2) is 0 Å². The van der Waals surface area contributed by atoms with Crippen molar-refractivity contribution in [1.29, 1.82) is 5.41 Å². The van der Waals surface area contributed by atoms with Gasteiger partial charge in [-0.15, -0.1) is 0 Å². The molecular weight excluding hydrogens is 324 g/mol. The smallest absolute Gasteiger partial charge is 0.219 e. The van der Waals surface area contributed by atoms with Gasteiger partial charge in [0.1, 0.15) is 0 Å². The Morgan fingerprint density at radius 3 is 2.08 bits per heavy atom. The maximum atomic E-state index is 11.6. The fourth-order valence-corrected chi connectivity index (χ4v) is 3.78. The molecule has 1 heterocycles. The van der Waals surface area contributed by atoms with E-state index in [2.05, 4.69) is 39.0 Å². The zero-order chi connectivity index (χ0) is 19.0. The van der Waals surface area contributed by atoms with Crippen molar-refractivity contribution in [3.63, 3.8) is 0 Å². The van der Waals surface area contributed by atoms with Crippen molar-refractivity contribution in [3.8, 4) is 0 Å². The highest BCUT2D eigenvalue weighted by molar-refractivity contribution is 6.09. The second kappa shape index (κ2) is 6.83. The van der Waals surface area contributed by atoms with Crippen LogP contribution >= 0.6 is 0 Å². The van der Waals surface area contributed by atoms with Gasteiger partial charge in [-0.25, -0.2) is 0 Å². The summed E-state index contributed by atoms with van der Waals surface area (Å²) in [6.45, 7) is 8.77. The molecule has 3 rings (SSSR count). The lowest BCUT2D eigenvalue weighted by Crippen LogP contribution is -2.38. The van der Waals surface area contributed by atoms with Crippen molar-refractivity contribution in [2.75, 3.05) is 16.3 Å². The van der Waals surface area contributed by atoms with Crippen LogP contribution in [-0.2, 0) is 4.79 Å². The fraction of sp³-hybridized carbons (Fsp3) is 0.333. The number of nitrogens with two attached hydrogens (primary N) is 1. The van der Waals surface area contributed by atoms with Crippen LogP contribution in [-0.4, -0.2) is 24.5 Å². The molecular formula is C21H26N4O. The summed E-state index contributed by atoms with van der Waals surface area (Å²) in [6.07, 6.45) is 0.219. The van der Waals surface area contributed by atoms with Gasteiger partial charge >= 0.3 is 0 Å². The molecule has 1 fully saturated rings. The van der Waals surface area contributed by atoms with Crippen molar-refractivity contribution in [2.24, 2.45) is 5.73 Å². The first-order valence-corrected chi connectivity index (χ1v) is 8.86. The summed E-state index contributed by atoms with van der Waals surface area (Å²) in [7, 11) is 0. The molecule has 0 saturated carbocycles. The van der Waals surface area contributed by atoms with Gasteiger partial charge in [0.25, 0.3) is 0 Å². The minimum atomic E-state index is -0.347. The Balaban J connectivity index is 2.03. The monoisotopic (exact) mass is 350 g/mol. The van der Waals surface area contributed by atoms with E-state index >= 15 is 0 Å². The fourth-order valence-electron chi connectivity index (χ4n) is 3.78. The molecule has 1 amide bonds. The van der Waals surface area contributed by atoms with Crippen LogP contribution in [0.5, 0.6) is 0 Å². The number of nitrogens with one attached hydrogen (secondary N) is 1. The molecule has 1 aliphatic rings. The van der Waals surface area contributed by atoms with E-state index in [1.807, 2.05) is 34.9 Å². The van der Waals surface area contributed by atoms with E-state index in [9.17, 15) is 4.79 Å². The summed E-state index contributed by atoms with van der Waals surface area (Å²) < 4.78 is 0. The molecule has 1 aliphatic heterocycles. The van der Waals surface area contributed by atoms with Crippen LogP contribution < -0.4 is 15.5 Å². The predicted octanol–water partition coefficient (Wildman–Crippen LogP) is 3.43. The summed E-state index contributed by atoms with van der Waals surface area (Å²) in [4.78, 5) is 15.6. The zero-order valence-electron chi connectivity index (χ0n) is 15.8. The van der Waals surface area contributed by atoms with Crippen molar-refractivity contribution >= 4 is 23.2 Å². The third-order valence-electron chi connectivity index (χ3n) is 4.93. The normalized spacial score (nSPS) is 17.1. The number of hydrogen-bond donors (Lipinski definition) is 2. The molecule has 136 valence electrons. The molecule has 0 bridgehead atoms. The molecule has 0 spiro atoms. The molecule has 5 heteroatoms. The van der Waals surface area contributed by atoms with Gasteiger partial charge in [0.2, 0.25) is 11.9 Å². The molecule has 3 N–H and O–H groups in total. The number of carbonyl (C=O) groups excluding carboxylic acids is 1. The Morgan fingerprint density at radius 2 is 1.58 bits per heavy atom. The number of anilines is 2. The minimum Gasteiger partial charge on any atom is -0.370 e. The molecule has 2 aromatic rings. The first kappa shape index (κ1) is 18.0. The first-order valence-electron chi connectivity index (χ1n) is 8.86. The molecule has 0 radical (unpaired) electrons. The van der Waals surface area contributed by atoms with E-state index in [0.717, 1.165) is 22.5 Å². The first-order chi connectivity index (χ1) is 12.3. The Kier molecular flexibility index (Phi) is 4.72. The van der Waals surface area contributed by atoms with Gasteiger partial charge in [0.05, 0.1) is 6.04 Å². The summed E-state index contributed by atoms with van der Waals surface area (Å²) in [5.41, 5.74) is 12.0. The SMILES string of the molecule is Cc1ccc(N2CC(CC(N)=O)N(c3ccc(C)cc3C)C2=N)c(C)c1. The molecule has 0 aromatic heterocycles. The largest absolute Gasteiger partial charge is 0.370 e. The highest BCUT2D eigenvalue weighted by atomic mass is 16.1. The number of primary amides is 1. The average molecular weight is 350 g/mol. The van der Waals surface area contributed by atoms with Crippen LogP contribution in [0.3, 0.4) is 0 Å². The van der Waals surface area contributed by atoms with E-state index in [1.165, 1.54) is 11.1 Å². The van der Waals surface area contributed by atoms with Crippen LogP contribution in [0.25, 0.3) is 0 Å². The number of carbonyl (C=O) groups is 1. The standard InChI is InChI=1S/C21H26N4O/c1-13-5-7-18(15(3)9-13)24-12-17(11-20(22)26)25(21(24)23)19-8-6-14(2)10-16(19)4/h5-10,17,23H,11-12H2,1-4H3,(H2,22,26). The highest BCUT2D eigenvalue weighted by Crippen LogP contribution is 2.33. The van der Waals surface area contributed by atoms with Crippen LogP contribution in [0.2, 0.25) is 0 Å². The lowest BCUT2D eigenvalue weighted by Gasteiger charge is -2.27. The topological polar surface area (TPSA) is 73.4 Å². The van der Waals surface area contributed by atoms with Gasteiger partial charge in [-0.2, -0.15) is 0 Å². The maximum absolute atomic E-state index is 11.6. The van der Waals surface area contributed by atoms with Crippen LogP contribution in [0.15, 0.2) is 36.4 Å². The Morgan fingerprint density at radius 1 is 1.04 bits per heavy atom. The maximum Gasteiger partial charge on any atom is 0.219 e. The lowest BCUT2D eigenvalue weighted by atomic mass is 10.1. The third-order valence-corrected chi connectivity index (χ3v) is 4.93. The summed E-state index contributed by atoms with van der Waals surface area (Å²) in [5, 5.41) is 8.81. The van der Waals surface area contributed by atoms with Gasteiger partial charge in [0, 0.05) is 24.3 Å². The number of benzene rings is 2. The minimum absolute atomic E-state index is 0.151. The van der Waals surface area contributed by atoms with Crippen LogP contribution in [0.1, 0.15) is 28.7 Å². The van der Waals surface area contributed by atoms with Gasteiger partial charge in [-0.05, 0) is 51.0 Å². The molecule has 1 atom stereocenters. The number of nitrogens with zero attached hydrogens (tertiary/aromatic N) is 2. The van der Waals surface area contributed by atoms with E-state index < -0.39 is 0 Å².